The zero-order valence-corrected chi connectivity index (χ0v) is 10.7. The van der Waals surface area contributed by atoms with Crippen LogP contribution in [0.2, 0.25) is 0 Å². The molecule has 0 aliphatic carbocycles. The maximum atomic E-state index is 4.02. The molecule has 0 atom stereocenters. The van der Waals surface area contributed by atoms with E-state index in [0.717, 1.165) is 10.7 Å². The number of nitrogens with one attached hydrogen (secondary N) is 1. The van der Waals surface area contributed by atoms with Gasteiger partial charge >= 0.3 is 0 Å². The number of hydrogen-bond donors (Lipinski definition) is 1. The third kappa shape index (κ3) is 2.07. The van der Waals surface area contributed by atoms with Crippen molar-refractivity contribution in [2.75, 3.05) is 0 Å². The van der Waals surface area contributed by atoms with E-state index in [1.54, 1.807) is 11.8 Å². The molecule has 1 nitrogen and oxygen atoms in total. The second-order valence-electron chi connectivity index (χ2n) is 4.09. The summed E-state index contributed by atoms with van der Waals surface area (Å²) in [5, 5.41) is 4.35. The van der Waals surface area contributed by atoms with Gasteiger partial charge in [-0.2, -0.15) is 0 Å². The summed E-state index contributed by atoms with van der Waals surface area (Å²) in [5.41, 5.74) is 3.58. The average Bonchev–Trinajstić information content (AvgIpc) is 2.83. The molecule has 0 radical (unpaired) electrons. The summed E-state index contributed by atoms with van der Waals surface area (Å²) in [5.74, 6) is 0. The van der Waals surface area contributed by atoms with Crippen molar-refractivity contribution in [2.24, 2.45) is 0 Å². The van der Waals surface area contributed by atoms with E-state index in [-0.39, 0.29) is 0 Å². The molecule has 1 heterocycles. The highest BCUT2D eigenvalue weighted by Crippen LogP contribution is 2.43. The van der Waals surface area contributed by atoms with Crippen LogP contribution in [0.15, 0.2) is 72.3 Å². The first kappa shape index (κ1) is 11.2. The lowest BCUT2D eigenvalue weighted by Gasteiger charge is -2.06. The minimum absolute atomic E-state index is 0.979. The number of thioether (sulfide) groups is 1. The summed E-state index contributed by atoms with van der Waals surface area (Å²) in [6.07, 6.45) is 0. The Kier molecular flexibility index (Phi) is 2.95. The van der Waals surface area contributed by atoms with Gasteiger partial charge in [0, 0.05) is 4.91 Å². The van der Waals surface area contributed by atoms with Crippen molar-refractivity contribution >= 4 is 22.4 Å². The number of hydrogen-bond acceptors (Lipinski definition) is 2. The molecule has 18 heavy (non-hydrogen) atoms. The monoisotopic (exact) mass is 251 g/mol. The van der Waals surface area contributed by atoms with Gasteiger partial charge in [0.1, 0.15) is 0 Å². The van der Waals surface area contributed by atoms with Gasteiger partial charge in [0.2, 0.25) is 0 Å². The minimum Gasteiger partial charge on any atom is -0.349 e. The fraction of sp³-hybridized carbons (Fsp3) is 0. The fourth-order valence-electron chi connectivity index (χ4n) is 2.00. The molecule has 0 fully saturated rings. The maximum Gasteiger partial charge on any atom is 0.0702 e. The molecule has 0 aromatic heterocycles. The van der Waals surface area contributed by atoms with Gasteiger partial charge in [0.25, 0.3) is 0 Å². The van der Waals surface area contributed by atoms with E-state index in [0.29, 0.717) is 0 Å². The lowest BCUT2D eigenvalue weighted by Crippen LogP contribution is -2.03. The van der Waals surface area contributed by atoms with Crippen molar-refractivity contribution in [3.8, 4) is 0 Å². The van der Waals surface area contributed by atoms with E-state index in [2.05, 4.69) is 60.4 Å². The third-order valence-corrected chi connectivity index (χ3v) is 3.81. The van der Waals surface area contributed by atoms with E-state index in [1.165, 1.54) is 16.0 Å². The lowest BCUT2D eigenvalue weighted by atomic mass is 10.1. The molecular formula is C16H13NS. The molecule has 0 saturated carbocycles. The van der Waals surface area contributed by atoms with Gasteiger partial charge in [0.15, 0.2) is 0 Å². The van der Waals surface area contributed by atoms with Crippen LogP contribution in [-0.4, -0.2) is 0 Å². The zero-order chi connectivity index (χ0) is 12.4. The summed E-state index contributed by atoms with van der Waals surface area (Å²) >= 11 is 1.70. The quantitative estimate of drug-likeness (QED) is 0.853. The molecule has 0 saturated heterocycles. The van der Waals surface area contributed by atoms with Gasteiger partial charge < -0.3 is 5.32 Å². The normalized spacial score (nSPS) is 14.8. The Morgan fingerprint density at radius 3 is 1.94 bits per heavy atom. The van der Waals surface area contributed by atoms with Crippen LogP contribution in [0.5, 0.6) is 0 Å². The molecule has 2 heteroatoms. The first-order chi connectivity index (χ1) is 8.84. The Labute approximate surface area is 111 Å². The van der Waals surface area contributed by atoms with Crippen molar-refractivity contribution in [1.82, 2.24) is 5.32 Å². The summed E-state index contributed by atoms with van der Waals surface area (Å²) < 4.78 is 0. The van der Waals surface area contributed by atoms with Gasteiger partial charge in [-0.1, -0.05) is 79.0 Å². The van der Waals surface area contributed by atoms with Crippen molar-refractivity contribution in [3.05, 3.63) is 83.4 Å². The van der Waals surface area contributed by atoms with Crippen molar-refractivity contribution in [2.45, 2.75) is 0 Å². The van der Waals surface area contributed by atoms with Crippen LogP contribution >= 0.6 is 11.8 Å². The van der Waals surface area contributed by atoms with Crippen molar-refractivity contribution in [1.29, 1.82) is 0 Å². The van der Waals surface area contributed by atoms with E-state index >= 15 is 0 Å². The van der Waals surface area contributed by atoms with Gasteiger partial charge in [-0.3, -0.25) is 0 Å². The molecule has 0 spiro atoms. The largest absolute Gasteiger partial charge is 0.349 e. The predicted octanol–water partition coefficient (Wildman–Crippen LogP) is 4.32. The fourth-order valence-corrected chi connectivity index (χ4v) is 2.92. The highest BCUT2D eigenvalue weighted by atomic mass is 32.2. The summed E-state index contributed by atoms with van der Waals surface area (Å²) in [6.45, 7) is 4.02. The highest BCUT2D eigenvalue weighted by Gasteiger charge is 2.20. The Morgan fingerprint density at radius 1 is 0.778 bits per heavy atom. The zero-order valence-electron chi connectivity index (χ0n) is 9.89. The molecule has 1 aliphatic heterocycles. The highest BCUT2D eigenvalue weighted by molar-refractivity contribution is 8.12. The van der Waals surface area contributed by atoms with Crippen molar-refractivity contribution in [3.63, 3.8) is 0 Å². The van der Waals surface area contributed by atoms with Crippen LogP contribution in [0, 0.1) is 0 Å². The minimum atomic E-state index is 0.979. The smallest absolute Gasteiger partial charge is 0.0702 e. The average molecular weight is 251 g/mol. The van der Waals surface area contributed by atoms with Crippen LogP contribution in [-0.2, 0) is 0 Å². The Bertz CT molecular complexity index is 546. The second-order valence-corrected chi connectivity index (χ2v) is 5.19. The molecule has 0 unspecified atom stereocenters. The standard InChI is InChI=1S/C16H13NS/c1-12-17-15(13-8-4-2-5-9-13)16(18-12)14-10-6-3-7-11-14/h2-11,17H,1H2. The SMILES string of the molecule is C=C1NC(c2ccccc2)=C(c2ccccc2)S1. The van der Waals surface area contributed by atoms with Crippen LogP contribution in [0.4, 0.5) is 0 Å². The molecule has 2 aromatic rings. The second kappa shape index (κ2) is 4.75. The number of rotatable bonds is 2. The van der Waals surface area contributed by atoms with Crippen LogP contribution in [0.1, 0.15) is 11.1 Å². The molecule has 3 rings (SSSR count). The van der Waals surface area contributed by atoms with Crippen molar-refractivity contribution < 1.29 is 0 Å². The molecule has 1 aliphatic rings. The van der Waals surface area contributed by atoms with Crippen LogP contribution in [0.25, 0.3) is 10.6 Å². The lowest BCUT2D eigenvalue weighted by molar-refractivity contribution is 1.22. The first-order valence-corrected chi connectivity index (χ1v) is 6.65. The summed E-state index contributed by atoms with van der Waals surface area (Å²) in [6, 6.07) is 20.8. The Balaban J connectivity index is 2.11. The Hall–Kier alpha value is -1.93. The molecule has 88 valence electrons. The maximum absolute atomic E-state index is 4.02. The molecule has 0 amide bonds. The third-order valence-electron chi connectivity index (χ3n) is 2.82. The van der Waals surface area contributed by atoms with Gasteiger partial charge in [-0.25, -0.2) is 0 Å². The van der Waals surface area contributed by atoms with Gasteiger partial charge in [-0.05, 0) is 11.1 Å². The summed E-state index contributed by atoms with van der Waals surface area (Å²) in [4.78, 5) is 1.24. The first-order valence-electron chi connectivity index (χ1n) is 5.83. The van der Waals surface area contributed by atoms with Crippen LogP contribution < -0.4 is 5.32 Å². The molecule has 2 aromatic carbocycles. The van der Waals surface area contributed by atoms with Gasteiger partial charge in [-0.15, -0.1) is 0 Å². The van der Waals surface area contributed by atoms with E-state index in [4.69, 9.17) is 0 Å². The van der Waals surface area contributed by atoms with Crippen LogP contribution in [0.3, 0.4) is 0 Å². The van der Waals surface area contributed by atoms with E-state index in [1.807, 2.05) is 12.1 Å². The van der Waals surface area contributed by atoms with Gasteiger partial charge in [0.05, 0.1) is 10.7 Å². The van der Waals surface area contributed by atoms with E-state index < -0.39 is 0 Å². The predicted molar refractivity (Wildman–Crippen MR) is 79.6 cm³/mol. The molecule has 0 bridgehead atoms. The number of benzene rings is 2. The Morgan fingerprint density at radius 2 is 1.33 bits per heavy atom. The molecule has 1 N–H and O–H groups in total. The summed E-state index contributed by atoms with van der Waals surface area (Å²) in [7, 11) is 0. The molecular weight excluding hydrogens is 238 g/mol. The topological polar surface area (TPSA) is 12.0 Å². The van der Waals surface area contributed by atoms with E-state index in [9.17, 15) is 0 Å².